The highest BCUT2D eigenvalue weighted by Gasteiger charge is 2.17. The van der Waals surface area contributed by atoms with E-state index in [2.05, 4.69) is 11.8 Å². The Balaban J connectivity index is 1.98. The molecule has 0 aliphatic carbocycles. The van der Waals surface area contributed by atoms with Crippen LogP contribution in [0.1, 0.15) is 21.5 Å². The first-order valence-electron chi connectivity index (χ1n) is 9.55. The molecule has 0 aromatic heterocycles. The summed E-state index contributed by atoms with van der Waals surface area (Å²) in [5, 5.41) is 5.22. The fourth-order valence-electron chi connectivity index (χ4n) is 3.51. The number of carbonyl (C=O) groups excluding carboxylic acids is 1. The maximum Gasteiger partial charge on any atom is 0.278 e. The highest BCUT2D eigenvalue weighted by Crippen LogP contribution is 2.28. The third kappa shape index (κ3) is 3.47. The van der Waals surface area contributed by atoms with E-state index in [1.807, 2.05) is 66.7 Å². The van der Waals surface area contributed by atoms with Crippen molar-refractivity contribution in [3.8, 4) is 17.6 Å². The number of ether oxygens (including phenoxy) is 1. The number of hydrogen-bond acceptors (Lipinski definition) is 3. The molecule has 148 valence electrons. The lowest BCUT2D eigenvalue weighted by Gasteiger charge is -2.15. The molecule has 0 aliphatic rings. The van der Waals surface area contributed by atoms with Crippen molar-refractivity contribution in [3.05, 3.63) is 89.5 Å². The summed E-state index contributed by atoms with van der Waals surface area (Å²) in [5.41, 5.74) is 1.95. The van der Waals surface area contributed by atoms with Crippen LogP contribution in [0.5, 0.6) is 5.75 Å². The van der Waals surface area contributed by atoms with Gasteiger partial charge in [-0.25, -0.2) is 5.06 Å². The Kier molecular flexibility index (Phi) is 5.38. The standard InChI is InChI=1S/C26H21NO3/c1-27(30-3)26(28)24-14-12-18-8-4-6-10-20(18)22(24)15-16-23-21-11-7-5-9-19(21)13-17-25(23)29-2/h4-14,17H,1-3H3. The smallest absolute Gasteiger partial charge is 0.278 e. The zero-order valence-electron chi connectivity index (χ0n) is 17.1. The minimum Gasteiger partial charge on any atom is -0.495 e. The van der Waals surface area contributed by atoms with Gasteiger partial charge in [0.25, 0.3) is 5.91 Å². The van der Waals surface area contributed by atoms with Crippen LogP contribution in [0.15, 0.2) is 72.8 Å². The Morgan fingerprint density at radius 1 is 0.767 bits per heavy atom. The van der Waals surface area contributed by atoms with Crippen molar-refractivity contribution in [1.82, 2.24) is 5.06 Å². The van der Waals surface area contributed by atoms with E-state index in [4.69, 9.17) is 9.57 Å². The maximum atomic E-state index is 12.9. The molecule has 0 N–H and O–H groups in total. The Morgan fingerprint density at radius 2 is 1.33 bits per heavy atom. The molecule has 0 bridgehead atoms. The molecule has 0 saturated heterocycles. The van der Waals surface area contributed by atoms with Crippen molar-refractivity contribution in [2.45, 2.75) is 0 Å². The van der Waals surface area contributed by atoms with Crippen LogP contribution in [0.2, 0.25) is 0 Å². The Hall–Kier alpha value is -3.81. The lowest BCUT2D eigenvalue weighted by atomic mass is 9.97. The molecular formula is C26H21NO3. The SMILES string of the molecule is COc1ccc2ccccc2c1C#Cc1c(C(=O)N(C)OC)ccc2ccccc12. The van der Waals surface area contributed by atoms with Gasteiger partial charge in [-0.15, -0.1) is 0 Å². The van der Waals surface area contributed by atoms with Crippen molar-refractivity contribution in [3.63, 3.8) is 0 Å². The second-order valence-electron chi connectivity index (χ2n) is 6.81. The summed E-state index contributed by atoms with van der Waals surface area (Å²) in [6, 6.07) is 23.6. The second-order valence-corrected chi connectivity index (χ2v) is 6.81. The van der Waals surface area contributed by atoms with Crippen LogP contribution >= 0.6 is 0 Å². The van der Waals surface area contributed by atoms with Crippen molar-refractivity contribution in [1.29, 1.82) is 0 Å². The number of nitrogens with zero attached hydrogens (tertiary/aromatic N) is 1. The van der Waals surface area contributed by atoms with Gasteiger partial charge in [0.1, 0.15) is 5.75 Å². The van der Waals surface area contributed by atoms with E-state index < -0.39 is 0 Å². The van der Waals surface area contributed by atoms with Gasteiger partial charge in [-0.1, -0.05) is 72.5 Å². The molecule has 30 heavy (non-hydrogen) atoms. The molecule has 0 saturated carbocycles. The molecule has 4 aromatic carbocycles. The summed E-state index contributed by atoms with van der Waals surface area (Å²) in [5.74, 6) is 6.99. The maximum absolute atomic E-state index is 12.9. The monoisotopic (exact) mass is 395 g/mol. The second kappa shape index (κ2) is 8.28. The third-order valence-corrected chi connectivity index (χ3v) is 5.14. The zero-order chi connectivity index (χ0) is 21.1. The Bertz CT molecular complexity index is 1310. The predicted octanol–water partition coefficient (Wildman–Crippen LogP) is 5.03. The van der Waals surface area contributed by atoms with E-state index in [9.17, 15) is 4.79 Å². The zero-order valence-corrected chi connectivity index (χ0v) is 17.1. The number of methoxy groups -OCH3 is 1. The molecule has 0 heterocycles. The van der Waals surface area contributed by atoms with Crippen LogP contribution in [0, 0.1) is 11.8 Å². The first kappa shape index (κ1) is 19.5. The van der Waals surface area contributed by atoms with E-state index >= 15 is 0 Å². The van der Waals surface area contributed by atoms with E-state index in [1.165, 1.54) is 12.2 Å². The van der Waals surface area contributed by atoms with Crippen LogP contribution in [-0.4, -0.2) is 32.2 Å². The van der Waals surface area contributed by atoms with Crippen molar-refractivity contribution in [2.24, 2.45) is 0 Å². The van der Waals surface area contributed by atoms with Crippen LogP contribution in [0.4, 0.5) is 0 Å². The lowest BCUT2D eigenvalue weighted by Crippen LogP contribution is -2.26. The van der Waals surface area contributed by atoms with Crippen LogP contribution in [0.3, 0.4) is 0 Å². The highest BCUT2D eigenvalue weighted by atomic mass is 16.7. The molecule has 4 rings (SSSR count). The number of amides is 1. The molecule has 4 aromatic rings. The largest absolute Gasteiger partial charge is 0.495 e. The normalized spacial score (nSPS) is 10.5. The van der Waals surface area contributed by atoms with E-state index in [0.29, 0.717) is 16.9 Å². The van der Waals surface area contributed by atoms with Gasteiger partial charge >= 0.3 is 0 Å². The summed E-state index contributed by atoms with van der Waals surface area (Å²) in [7, 11) is 4.68. The van der Waals surface area contributed by atoms with Gasteiger partial charge < -0.3 is 4.74 Å². The van der Waals surface area contributed by atoms with Crippen molar-refractivity contribution < 1.29 is 14.4 Å². The Morgan fingerprint density at radius 3 is 1.97 bits per heavy atom. The summed E-state index contributed by atoms with van der Waals surface area (Å²) >= 11 is 0. The summed E-state index contributed by atoms with van der Waals surface area (Å²) < 4.78 is 5.56. The molecule has 1 amide bonds. The quantitative estimate of drug-likeness (QED) is 0.361. The van der Waals surface area contributed by atoms with Gasteiger partial charge in [-0.05, 0) is 28.3 Å². The van der Waals surface area contributed by atoms with Crippen molar-refractivity contribution in [2.75, 3.05) is 21.3 Å². The molecule has 0 radical (unpaired) electrons. The molecule has 0 atom stereocenters. The minimum atomic E-state index is -0.252. The first-order valence-corrected chi connectivity index (χ1v) is 9.55. The number of carbonyl (C=O) groups is 1. The average molecular weight is 395 g/mol. The number of hydroxylamine groups is 2. The van der Waals surface area contributed by atoms with Crippen LogP contribution < -0.4 is 4.74 Å². The van der Waals surface area contributed by atoms with Gasteiger partial charge in [0.2, 0.25) is 0 Å². The number of hydrogen-bond donors (Lipinski definition) is 0. The van der Waals surface area contributed by atoms with Crippen LogP contribution in [-0.2, 0) is 4.84 Å². The topological polar surface area (TPSA) is 38.8 Å². The fourth-order valence-corrected chi connectivity index (χ4v) is 3.51. The van der Waals surface area contributed by atoms with Gasteiger partial charge in [0.15, 0.2) is 0 Å². The fraction of sp³-hybridized carbons (Fsp3) is 0.115. The summed E-state index contributed by atoms with van der Waals surface area (Å²) in [4.78, 5) is 18.0. The number of fused-ring (bicyclic) bond motifs is 2. The van der Waals surface area contributed by atoms with Gasteiger partial charge in [0.05, 0.1) is 25.3 Å². The van der Waals surface area contributed by atoms with Gasteiger partial charge in [-0.3, -0.25) is 9.63 Å². The predicted molar refractivity (Wildman–Crippen MR) is 120 cm³/mol. The van der Waals surface area contributed by atoms with Crippen molar-refractivity contribution >= 4 is 27.5 Å². The highest BCUT2D eigenvalue weighted by molar-refractivity contribution is 6.03. The van der Waals surface area contributed by atoms with Gasteiger partial charge in [-0.2, -0.15) is 0 Å². The first-order chi connectivity index (χ1) is 14.6. The molecule has 0 aliphatic heterocycles. The summed E-state index contributed by atoms with van der Waals surface area (Å²) in [6.45, 7) is 0. The molecule has 0 unspecified atom stereocenters. The average Bonchev–Trinajstić information content (AvgIpc) is 2.81. The summed E-state index contributed by atoms with van der Waals surface area (Å²) in [6.07, 6.45) is 0. The third-order valence-electron chi connectivity index (χ3n) is 5.14. The molecule has 0 fully saturated rings. The molecule has 4 heteroatoms. The van der Waals surface area contributed by atoms with E-state index in [1.54, 1.807) is 20.2 Å². The number of benzene rings is 4. The van der Waals surface area contributed by atoms with E-state index in [0.717, 1.165) is 27.1 Å². The van der Waals surface area contributed by atoms with Crippen LogP contribution in [0.25, 0.3) is 21.5 Å². The van der Waals surface area contributed by atoms with Gasteiger partial charge in [0, 0.05) is 18.0 Å². The molecule has 4 nitrogen and oxygen atoms in total. The number of rotatable bonds is 3. The molecular weight excluding hydrogens is 374 g/mol. The minimum absolute atomic E-state index is 0.252. The Labute approximate surface area is 175 Å². The lowest BCUT2D eigenvalue weighted by molar-refractivity contribution is -0.0757. The molecule has 0 spiro atoms. The van der Waals surface area contributed by atoms with E-state index in [-0.39, 0.29) is 5.91 Å².